The van der Waals surface area contributed by atoms with Gasteiger partial charge in [0.2, 0.25) is 0 Å². The van der Waals surface area contributed by atoms with Crippen LogP contribution in [-0.2, 0) is 6.42 Å². The Balaban J connectivity index is 1.54. The average Bonchev–Trinajstić information content (AvgIpc) is 2.69. The summed E-state index contributed by atoms with van der Waals surface area (Å²) in [6, 6.07) is 12.0. The highest BCUT2D eigenvalue weighted by atomic mass is 35.5. The molecule has 26 heavy (non-hydrogen) atoms. The van der Waals surface area contributed by atoms with Gasteiger partial charge in [0.05, 0.1) is 5.56 Å². The molecule has 2 heterocycles. The molecule has 0 radical (unpaired) electrons. The maximum absolute atomic E-state index is 12.8. The van der Waals surface area contributed by atoms with Crippen LogP contribution in [0.2, 0.25) is 5.02 Å². The molecule has 0 spiro atoms. The Morgan fingerprint density at radius 2 is 2.04 bits per heavy atom. The maximum atomic E-state index is 12.8. The second-order valence-electron chi connectivity index (χ2n) is 6.79. The van der Waals surface area contributed by atoms with Gasteiger partial charge in [0, 0.05) is 30.4 Å². The van der Waals surface area contributed by atoms with E-state index >= 15 is 0 Å². The molecule has 1 N–H and O–H groups in total. The summed E-state index contributed by atoms with van der Waals surface area (Å²) < 4.78 is 0. The third kappa shape index (κ3) is 4.76. The van der Waals surface area contributed by atoms with Gasteiger partial charge in [-0.05, 0) is 61.9 Å². The van der Waals surface area contributed by atoms with Crippen molar-refractivity contribution in [1.29, 1.82) is 0 Å². The first-order valence-electron chi connectivity index (χ1n) is 9.42. The number of anilines is 1. The number of rotatable bonds is 6. The average molecular weight is 372 g/mol. The van der Waals surface area contributed by atoms with Crippen molar-refractivity contribution >= 4 is 23.3 Å². The van der Waals surface area contributed by atoms with Crippen LogP contribution in [0.3, 0.4) is 0 Å². The first-order chi connectivity index (χ1) is 12.7. The lowest BCUT2D eigenvalue weighted by Gasteiger charge is -2.35. The van der Waals surface area contributed by atoms with Gasteiger partial charge in [-0.25, -0.2) is 4.98 Å². The summed E-state index contributed by atoms with van der Waals surface area (Å²) in [6.07, 6.45) is 7.03. The summed E-state index contributed by atoms with van der Waals surface area (Å²) in [6.45, 7) is 3.80. The van der Waals surface area contributed by atoms with Crippen LogP contribution < -0.4 is 5.32 Å². The van der Waals surface area contributed by atoms with Crippen molar-refractivity contribution in [2.75, 3.05) is 18.4 Å². The lowest BCUT2D eigenvalue weighted by Crippen LogP contribution is -2.43. The normalized spacial score (nSPS) is 17.2. The lowest BCUT2D eigenvalue weighted by molar-refractivity contribution is 0.0607. The quantitative estimate of drug-likeness (QED) is 0.793. The van der Waals surface area contributed by atoms with Crippen LogP contribution in [0.1, 0.15) is 48.5 Å². The molecule has 1 amide bonds. The number of pyridine rings is 1. The molecule has 1 saturated heterocycles. The Morgan fingerprint density at radius 3 is 2.73 bits per heavy atom. The van der Waals surface area contributed by atoms with Gasteiger partial charge in [-0.3, -0.25) is 4.79 Å². The van der Waals surface area contributed by atoms with Gasteiger partial charge >= 0.3 is 0 Å². The van der Waals surface area contributed by atoms with E-state index in [1.165, 1.54) is 12.0 Å². The second-order valence-corrected chi connectivity index (χ2v) is 7.23. The molecule has 0 aliphatic carbocycles. The standard InChI is InChI=1S/C21H26ClN3O/c1-2-19-5-3-4-14-25(19)21(26)17-8-11-20(24-15-17)23-13-12-16-6-9-18(22)10-7-16/h6-11,15,19H,2-5,12-14H2,1H3,(H,23,24). The number of halogens is 1. The van der Waals surface area contributed by atoms with Crippen molar-refractivity contribution in [1.82, 2.24) is 9.88 Å². The van der Waals surface area contributed by atoms with E-state index in [-0.39, 0.29) is 5.91 Å². The molecule has 138 valence electrons. The molecule has 1 aliphatic heterocycles. The fraction of sp³-hybridized carbons (Fsp3) is 0.429. The molecule has 1 aromatic carbocycles. The zero-order valence-electron chi connectivity index (χ0n) is 15.2. The molecule has 1 atom stereocenters. The van der Waals surface area contributed by atoms with Gasteiger partial charge in [-0.1, -0.05) is 30.7 Å². The zero-order valence-corrected chi connectivity index (χ0v) is 16.0. The minimum Gasteiger partial charge on any atom is -0.370 e. The van der Waals surface area contributed by atoms with Crippen molar-refractivity contribution < 1.29 is 4.79 Å². The maximum Gasteiger partial charge on any atom is 0.255 e. The molecular formula is C21H26ClN3O. The number of nitrogens with zero attached hydrogens (tertiary/aromatic N) is 2. The lowest BCUT2D eigenvalue weighted by atomic mass is 9.99. The summed E-state index contributed by atoms with van der Waals surface area (Å²) in [4.78, 5) is 19.2. The number of carbonyl (C=O) groups excluding carboxylic acids is 1. The van der Waals surface area contributed by atoms with Gasteiger partial charge in [-0.15, -0.1) is 0 Å². The summed E-state index contributed by atoms with van der Waals surface area (Å²) in [7, 11) is 0. The number of amides is 1. The second kappa shape index (κ2) is 9.04. The molecule has 1 unspecified atom stereocenters. The fourth-order valence-electron chi connectivity index (χ4n) is 3.47. The minimum atomic E-state index is 0.108. The van der Waals surface area contributed by atoms with Crippen molar-refractivity contribution in [3.8, 4) is 0 Å². The number of hydrogen-bond donors (Lipinski definition) is 1. The molecule has 1 aromatic heterocycles. The first-order valence-corrected chi connectivity index (χ1v) is 9.80. The highest BCUT2D eigenvalue weighted by Gasteiger charge is 2.26. The van der Waals surface area contributed by atoms with Gasteiger partial charge < -0.3 is 10.2 Å². The Hall–Kier alpha value is -2.07. The summed E-state index contributed by atoms with van der Waals surface area (Å²) in [5.74, 6) is 0.901. The SMILES string of the molecule is CCC1CCCCN1C(=O)c1ccc(NCCc2ccc(Cl)cc2)nc1. The highest BCUT2D eigenvalue weighted by molar-refractivity contribution is 6.30. The minimum absolute atomic E-state index is 0.108. The summed E-state index contributed by atoms with van der Waals surface area (Å²) >= 11 is 5.90. The molecule has 1 fully saturated rings. The van der Waals surface area contributed by atoms with E-state index in [0.29, 0.717) is 11.6 Å². The fourth-order valence-corrected chi connectivity index (χ4v) is 3.60. The van der Waals surface area contributed by atoms with Crippen LogP contribution in [-0.4, -0.2) is 34.9 Å². The third-order valence-electron chi connectivity index (χ3n) is 5.00. The van der Waals surface area contributed by atoms with Gasteiger partial charge in [0.15, 0.2) is 0 Å². The van der Waals surface area contributed by atoms with Gasteiger partial charge in [0.25, 0.3) is 5.91 Å². The number of carbonyl (C=O) groups is 1. The highest BCUT2D eigenvalue weighted by Crippen LogP contribution is 2.22. The molecule has 0 saturated carbocycles. The topological polar surface area (TPSA) is 45.2 Å². The smallest absolute Gasteiger partial charge is 0.255 e. The molecule has 4 nitrogen and oxygen atoms in total. The van der Waals surface area contributed by atoms with Crippen molar-refractivity contribution in [3.05, 3.63) is 58.7 Å². The van der Waals surface area contributed by atoms with Crippen LogP contribution >= 0.6 is 11.6 Å². The summed E-state index contributed by atoms with van der Waals surface area (Å²) in [5, 5.41) is 4.06. The van der Waals surface area contributed by atoms with Crippen molar-refractivity contribution in [2.24, 2.45) is 0 Å². The number of benzene rings is 1. The zero-order chi connectivity index (χ0) is 18.4. The molecule has 0 bridgehead atoms. The third-order valence-corrected chi connectivity index (χ3v) is 5.25. The predicted octanol–water partition coefficient (Wildman–Crippen LogP) is 4.79. The number of piperidine rings is 1. The molecule has 3 rings (SSSR count). The molecular weight excluding hydrogens is 346 g/mol. The summed E-state index contributed by atoms with van der Waals surface area (Å²) in [5.41, 5.74) is 1.90. The van der Waals surface area contributed by atoms with Crippen LogP contribution in [0.5, 0.6) is 0 Å². The number of aromatic nitrogens is 1. The van der Waals surface area contributed by atoms with E-state index in [1.807, 2.05) is 41.3 Å². The number of hydrogen-bond acceptors (Lipinski definition) is 3. The van der Waals surface area contributed by atoms with Gasteiger partial charge in [-0.2, -0.15) is 0 Å². The molecule has 1 aliphatic rings. The Morgan fingerprint density at radius 1 is 1.23 bits per heavy atom. The largest absolute Gasteiger partial charge is 0.370 e. The van der Waals surface area contributed by atoms with Crippen molar-refractivity contribution in [2.45, 2.75) is 45.1 Å². The van der Waals surface area contributed by atoms with E-state index in [9.17, 15) is 4.79 Å². The Kier molecular flexibility index (Phi) is 6.51. The van der Waals surface area contributed by atoms with Crippen LogP contribution in [0.15, 0.2) is 42.6 Å². The van der Waals surface area contributed by atoms with Crippen LogP contribution in [0.4, 0.5) is 5.82 Å². The van der Waals surface area contributed by atoms with E-state index in [1.54, 1.807) is 6.20 Å². The van der Waals surface area contributed by atoms with E-state index in [2.05, 4.69) is 17.2 Å². The molecule has 5 heteroatoms. The van der Waals surface area contributed by atoms with E-state index in [4.69, 9.17) is 11.6 Å². The Bertz CT molecular complexity index is 715. The van der Waals surface area contributed by atoms with Gasteiger partial charge in [0.1, 0.15) is 5.82 Å². The molecule has 2 aromatic rings. The van der Waals surface area contributed by atoms with Crippen LogP contribution in [0.25, 0.3) is 0 Å². The Labute approximate surface area is 160 Å². The number of likely N-dealkylation sites (tertiary alicyclic amines) is 1. The monoisotopic (exact) mass is 371 g/mol. The van der Waals surface area contributed by atoms with Crippen molar-refractivity contribution in [3.63, 3.8) is 0 Å². The van der Waals surface area contributed by atoms with E-state index in [0.717, 1.165) is 49.6 Å². The van der Waals surface area contributed by atoms with E-state index < -0.39 is 0 Å². The van der Waals surface area contributed by atoms with Crippen LogP contribution in [0, 0.1) is 0 Å². The predicted molar refractivity (Wildman–Crippen MR) is 107 cm³/mol. The number of nitrogens with one attached hydrogen (secondary N) is 1. The first kappa shape index (κ1) is 18.7.